The number of benzene rings is 2. The van der Waals surface area contributed by atoms with Crippen molar-refractivity contribution in [1.82, 2.24) is 0 Å². The van der Waals surface area contributed by atoms with Crippen molar-refractivity contribution in [2.75, 3.05) is 0 Å². The molecule has 2 aromatic carbocycles. The lowest BCUT2D eigenvalue weighted by Gasteiger charge is -2.02. The van der Waals surface area contributed by atoms with Crippen molar-refractivity contribution in [1.29, 1.82) is 0 Å². The van der Waals surface area contributed by atoms with Crippen LogP contribution < -0.4 is 0 Å². The molecular formula is C17H13FO3. The monoisotopic (exact) mass is 284 g/mol. The van der Waals surface area contributed by atoms with Gasteiger partial charge in [-0.15, -0.1) is 0 Å². The van der Waals surface area contributed by atoms with Crippen molar-refractivity contribution < 1.29 is 19.4 Å². The van der Waals surface area contributed by atoms with Gasteiger partial charge in [-0.25, -0.2) is 4.39 Å². The van der Waals surface area contributed by atoms with E-state index >= 15 is 0 Å². The second-order valence-corrected chi connectivity index (χ2v) is 4.34. The molecular weight excluding hydrogens is 271 g/mol. The Balaban J connectivity index is 2.17. The molecule has 0 fully saturated rings. The van der Waals surface area contributed by atoms with Crippen LogP contribution in [0.4, 0.5) is 4.39 Å². The maximum absolute atomic E-state index is 13.1. The summed E-state index contributed by atoms with van der Waals surface area (Å²) < 4.78 is 13.1. The fourth-order valence-electron chi connectivity index (χ4n) is 1.72. The predicted molar refractivity (Wildman–Crippen MR) is 79.2 cm³/mol. The first kappa shape index (κ1) is 14.5. The molecule has 2 aromatic rings. The highest BCUT2D eigenvalue weighted by molar-refractivity contribution is 6.05. The number of hydrogen-bond acceptors (Lipinski definition) is 3. The van der Waals surface area contributed by atoms with E-state index in [0.717, 1.165) is 29.8 Å². The number of carbonyl (C=O) groups excluding carboxylic acids is 1. The molecule has 2 N–H and O–H groups in total. The zero-order chi connectivity index (χ0) is 15.2. The van der Waals surface area contributed by atoms with Crippen LogP contribution in [0.15, 0.2) is 60.7 Å². The molecule has 4 heteroatoms. The average molecular weight is 284 g/mol. The number of phenols is 1. The summed E-state index contributed by atoms with van der Waals surface area (Å²) in [4.78, 5) is 11.7. The van der Waals surface area contributed by atoms with E-state index in [0.29, 0.717) is 0 Å². The van der Waals surface area contributed by atoms with E-state index in [1.807, 2.05) is 30.3 Å². The quantitative estimate of drug-likeness (QED) is 0.664. The molecule has 0 aliphatic heterocycles. The summed E-state index contributed by atoms with van der Waals surface area (Å²) in [6.45, 7) is 0. The lowest BCUT2D eigenvalue weighted by Crippen LogP contribution is -1.92. The van der Waals surface area contributed by atoms with Crippen LogP contribution in [-0.2, 0) is 4.79 Å². The van der Waals surface area contributed by atoms with Gasteiger partial charge in [-0.3, -0.25) is 4.79 Å². The van der Waals surface area contributed by atoms with Crippen molar-refractivity contribution in [3.8, 4) is 5.75 Å². The number of halogens is 1. The number of hydrogen-bond donors (Lipinski definition) is 2. The molecule has 0 bridgehead atoms. The average Bonchev–Trinajstić information content (AvgIpc) is 2.48. The van der Waals surface area contributed by atoms with Gasteiger partial charge < -0.3 is 10.2 Å². The van der Waals surface area contributed by atoms with Crippen LogP contribution in [0.2, 0.25) is 0 Å². The Morgan fingerprint density at radius 1 is 1.10 bits per heavy atom. The molecule has 0 spiro atoms. The zero-order valence-corrected chi connectivity index (χ0v) is 11.0. The zero-order valence-electron chi connectivity index (χ0n) is 11.0. The van der Waals surface area contributed by atoms with Gasteiger partial charge in [0.2, 0.25) is 0 Å². The fraction of sp³-hybridized carbons (Fsp3) is 0. The summed E-state index contributed by atoms with van der Waals surface area (Å²) in [5.41, 5.74) is 0.712. The third kappa shape index (κ3) is 4.04. The molecule has 0 aromatic heterocycles. The Bertz CT molecular complexity index is 703. The molecule has 106 valence electrons. The van der Waals surface area contributed by atoms with Gasteiger partial charge in [-0.2, -0.15) is 0 Å². The van der Waals surface area contributed by atoms with E-state index in [1.54, 1.807) is 6.08 Å². The topological polar surface area (TPSA) is 57.5 Å². The second-order valence-electron chi connectivity index (χ2n) is 4.34. The number of aliphatic hydroxyl groups excluding tert-OH is 1. The first-order valence-corrected chi connectivity index (χ1v) is 6.23. The SMILES string of the molecule is O=C(C=C(O)c1cc(F)ccc1O)/C=C/c1ccccc1. The molecule has 0 unspecified atom stereocenters. The van der Waals surface area contributed by atoms with E-state index in [2.05, 4.69) is 0 Å². The third-order valence-electron chi connectivity index (χ3n) is 2.75. The summed E-state index contributed by atoms with van der Waals surface area (Å²) in [7, 11) is 0. The highest BCUT2D eigenvalue weighted by atomic mass is 19.1. The maximum atomic E-state index is 13.1. The molecule has 0 heterocycles. The minimum absolute atomic E-state index is 0.128. The number of allylic oxidation sites excluding steroid dienone is 2. The summed E-state index contributed by atoms with van der Waals surface area (Å²) in [5, 5.41) is 19.3. The van der Waals surface area contributed by atoms with Crippen molar-refractivity contribution in [3.05, 3.63) is 77.6 Å². The molecule has 0 saturated heterocycles. The van der Waals surface area contributed by atoms with Crippen molar-refractivity contribution in [3.63, 3.8) is 0 Å². The summed E-state index contributed by atoms with van der Waals surface area (Å²) >= 11 is 0. The van der Waals surface area contributed by atoms with Gasteiger partial charge in [0.15, 0.2) is 5.78 Å². The summed E-state index contributed by atoms with van der Waals surface area (Å²) in [6.07, 6.45) is 3.80. The highest BCUT2D eigenvalue weighted by Gasteiger charge is 2.08. The van der Waals surface area contributed by atoms with Gasteiger partial charge in [-0.05, 0) is 29.8 Å². The van der Waals surface area contributed by atoms with Gasteiger partial charge in [-0.1, -0.05) is 36.4 Å². The van der Waals surface area contributed by atoms with Crippen molar-refractivity contribution in [2.45, 2.75) is 0 Å². The van der Waals surface area contributed by atoms with Gasteiger partial charge in [0.05, 0.1) is 5.56 Å². The number of aliphatic hydroxyl groups is 1. The number of phenolic OH excluding ortho intramolecular Hbond substituents is 1. The number of carbonyl (C=O) groups is 1. The molecule has 0 aliphatic rings. The molecule has 2 rings (SSSR count). The van der Waals surface area contributed by atoms with Crippen LogP contribution in [0.5, 0.6) is 5.75 Å². The van der Waals surface area contributed by atoms with Crippen molar-refractivity contribution in [2.24, 2.45) is 0 Å². The van der Waals surface area contributed by atoms with Crippen LogP contribution in [0.1, 0.15) is 11.1 Å². The normalized spacial score (nSPS) is 11.8. The lowest BCUT2D eigenvalue weighted by molar-refractivity contribution is -0.110. The number of ketones is 1. The van der Waals surface area contributed by atoms with E-state index in [-0.39, 0.29) is 11.3 Å². The van der Waals surface area contributed by atoms with Crippen LogP contribution in [0.25, 0.3) is 11.8 Å². The van der Waals surface area contributed by atoms with Gasteiger partial charge >= 0.3 is 0 Å². The fourth-order valence-corrected chi connectivity index (χ4v) is 1.72. The largest absolute Gasteiger partial charge is 0.507 e. The Kier molecular flexibility index (Phi) is 4.51. The van der Waals surface area contributed by atoms with E-state index in [9.17, 15) is 19.4 Å². The molecule has 0 saturated carbocycles. The highest BCUT2D eigenvalue weighted by Crippen LogP contribution is 2.24. The standard InChI is InChI=1S/C17H13FO3/c18-13-7-9-16(20)15(10-13)17(21)11-14(19)8-6-12-4-2-1-3-5-12/h1-11,20-21H/b8-6+,17-11?. The minimum Gasteiger partial charge on any atom is -0.507 e. The molecule has 21 heavy (non-hydrogen) atoms. The Labute approximate surface area is 121 Å². The second kappa shape index (κ2) is 6.52. The summed E-state index contributed by atoms with van der Waals surface area (Å²) in [6, 6.07) is 12.3. The van der Waals surface area contributed by atoms with Crippen LogP contribution in [0.3, 0.4) is 0 Å². The van der Waals surface area contributed by atoms with E-state index in [1.165, 1.54) is 6.08 Å². The summed E-state index contributed by atoms with van der Waals surface area (Å²) in [5.74, 6) is -1.88. The molecule has 3 nitrogen and oxygen atoms in total. The third-order valence-corrected chi connectivity index (χ3v) is 2.75. The first-order chi connectivity index (χ1) is 10.1. The first-order valence-electron chi connectivity index (χ1n) is 6.23. The predicted octanol–water partition coefficient (Wildman–Crippen LogP) is 3.71. The maximum Gasteiger partial charge on any atom is 0.182 e. The lowest BCUT2D eigenvalue weighted by atomic mass is 10.1. The Morgan fingerprint density at radius 3 is 2.52 bits per heavy atom. The number of rotatable bonds is 4. The van der Waals surface area contributed by atoms with Crippen LogP contribution >= 0.6 is 0 Å². The molecule has 0 atom stereocenters. The Hall–Kier alpha value is -2.88. The molecule has 0 amide bonds. The minimum atomic E-state index is -0.616. The Morgan fingerprint density at radius 2 is 1.81 bits per heavy atom. The van der Waals surface area contributed by atoms with E-state index < -0.39 is 17.4 Å². The number of aromatic hydroxyl groups is 1. The van der Waals surface area contributed by atoms with Gasteiger partial charge in [0.25, 0.3) is 0 Å². The van der Waals surface area contributed by atoms with Gasteiger partial charge in [0.1, 0.15) is 17.3 Å². The molecule has 0 radical (unpaired) electrons. The van der Waals surface area contributed by atoms with Crippen LogP contribution in [-0.4, -0.2) is 16.0 Å². The van der Waals surface area contributed by atoms with E-state index in [4.69, 9.17) is 0 Å². The molecule has 0 aliphatic carbocycles. The van der Waals surface area contributed by atoms with Gasteiger partial charge in [0, 0.05) is 6.08 Å². The van der Waals surface area contributed by atoms with Crippen LogP contribution in [0, 0.1) is 5.82 Å². The van der Waals surface area contributed by atoms with Crippen molar-refractivity contribution >= 4 is 17.6 Å². The smallest absolute Gasteiger partial charge is 0.182 e.